The molecule has 5 heteroatoms. The predicted octanol–water partition coefficient (Wildman–Crippen LogP) is -0.772. The Balaban J connectivity index is 0.000000500. The van der Waals surface area contributed by atoms with Crippen LogP contribution in [0.2, 0.25) is 0 Å². The van der Waals surface area contributed by atoms with Crippen LogP contribution in [0.1, 0.15) is 0 Å². The van der Waals surface area contributed by atoms with E-state index in [1.807, 2.05) is 18.4 Å². The quantitative estimate of drug-likeness (QED) is 0.432. The first-order chi connectivity index (χ1) is 4.47. The van der Waals surface area contributed by atoms with Crippen LogP contribution in [0, 0.1) is 0 Å². The van der Waals surface area contributed by atoms with Crippen LogP contribution < -0.4 is 16.8 Å². The smallest absolute Gasteiger partial charge is 0.170 e. The second kappa shape index (κ2) is 3.97. The van der Waals surface area contributed by atoms with Gasteiger partial charge in [0.2, 0.25) is 0 Å². The summed E-state index contributed by atoms with van der Waals surface area (Å²) in [5.41, 5.74) is 1.12. The normalized spacial score (nSPS) is 24.7. The average Bonchev–Trinajstić information content (AvgIpc) is 2.33. The molecular formula is C6H13N3O2. The molecule has 1 fully saturated rings. The minimum atomic E-state index is 0. The molecule has 2 aliphatic heterocycles. The van der Waals surface area contributed by atoms with Crippen LogP contribution >= 0.6 is 0 Å². The number of rotatable bonds is 0. The fourth-order valence-corrected chi connectivity index (χ4v) is 0.970. The number of hydrogen-bond donors (Lipinski definition) is 3. The number of hydrogen-bond acceptors (Lipinski definition) is 4. The van der Waals surface area contributed by atoms with E-state index in [1.165, 1.54) is 0 Å². The van der Waals surface area contributed by atoms with E-state index in [-0.39, 0.29) is 17.9 Å². The molecule has 0 spiro atoms. The predicted molar refractivity (Wildman–Crippen MR) is 41.9 cm³/mol. The van der Waals surface area contributed by atoms with Crippen LogP contribution in [-0.4, -0.2) is 18.4 Å². The van der Waals surface area contributed by atoms with Crippen molar-refractivity contribution >= 4 is 0 Å². The van der Waals surface area contributed by atoms with Gasteiger partial charge in [-0.1, -0.05) is 0 Å². The fourth-order valence-electron chi connectivity index (χ4n) is 0.970. The van der Waals surface area contributed by atoms with Crippen molar-refractivity contribution in [2.45, 2.75) is 6.23 Å². The van der Waals surface area contributed by atoms with Gasteiger partial charge in [0.25, 0.3) is 0 Å². The van der Waals surface area contributed by atoms with E-state index in [2.05, 4.69) is 10.6 Å². The molecule has 64 valence electrons. The third kappa shape index (κ3) is 1.70. The number of nitrogens with one attached hydrogen (secondary N) is 2. The molecule has 2 aliphatic rings. The highest BCUT2D eigenvalue weighted by molar-refractivity contribution is 5.20. The summed E-state index contributed by atoms with van der Waals surface area (Å²) in [6.45, 7) is 0.616. The van der Waals surface area contributed by atoms with Crippen molar-refractivity contribution in [1.29, 1.82) is 0 Å². The summed E-state index contributed by atoms with van der Waals surface area (Å²) in [5.74, 6) is 0. The molecule has 7 N–H and O–H groups in total. The Morgan fingerprint density at radius 1 is 1.55 bits per heavy atom. The average molecular weight is 159 g/mol. The maximum atomic E-state index is 5.22. The second-order valence-electron chi connectivity index (χ2n) is 2.02. The lowest BCUT2D eigenvalue weighted by molar-refractivity contribution is 0.105. The maximum absolute atomic E-state index is 5.22. The minimum absolute atomic E-state index is 0. The first-order valence-electron chi connectivity index (χ1n) is 2.95. The Bertz CT molecular complexity index is 179. The van der Waals surface area contributed by atoms with E-state index < -0.39 is 0 Å². The number of dihydropyridines is 1. The molecular weight excluding hydrogens is 146 g/mol. The van der Waals surface area contributed by atoms with Gasteiger partial charge in [-0.15, -0.1) is 0 Å². The third-order valence-electron chi connectivity index (χ3n) is 1.43. The summed E-state index contributed by atoms with van der Waals surface area (Å²) in [4.78, 5) is 0. The molecule has 0 aromatic carbocycles. The van der Waals surface area contributed by atoms with Crippen LogP contribution in [-0.2, 0) is 4.74 Å². The molecule has 2 heterocycles. The molecule has 1 unspecified atom stereocenters. The van der Waals surface area contributed by atoms with E-state index in [4.69, 9.17) is 4.74 Å². The topological polar surface area (TPSA) is 99.8 Å². The molecule has 0 saturated carbocycles. The fraction of sp³-hybridized carbons (Fsp3) is 0.333. The zero-order chi connectivity index (χ0) is 6.10. The molecule has 5 nitrogen and oxygen atoms in total. The van der Waals surface area contributed by atoms with Crippen molar-refractivity contribution in [2.24, 2.45) is 0 Å². The zero-order valence-electron chi connectivity index (χ0n) is 6.13. The van der Waals surface area contributed by atoms with Crippen molar-refractivity contribution in [2.75, 3.05) is 6.73 Å². The van der Waals surface area contributed by atoms with Crippen LogP contribution in [0.5, 0.6) is 0 Å². The number of ether oxygens (including phenoxy) is 1. The third-order valence-corrected chi connectivity index (χ3v) is 1.43. The summed E-state index contributed by atoms with van der Waals surface area (Å²) >= 11 is 0. The van der Waals surface area contributed by atoms with Gasteiger partial charge in [0.05, 0.1) is 5.70 Å². The first kappa shape index (κ1) is 9.96. The largest absolute Gasteiger partial charge is 0.412 e. The second-order valence-corrected chi connectivity index (χ2v) is 2.02. The lowest BCUT2D eigenvalue weighted by Gasteiger charge is -2.12. The number of fused-ring (bicyclic) bond motifs is 1. The number of allylic oxidation sites excluding steroid dienone is 2. The molecule has 0 aliphatic carbocycles. The summed E-state index contributed by atoms with van der Waals surface area (Å²) in [5, 5.41) is 6.13. The molecule has 0 aromatic heterocycles. The summed E-state index contributed by atoms with van der Waals surface area (Å²) < 4.78 is 5.22. The lowest BCUT2D eigenvalue weighted by Crippen LogP contribution is -2.27. The van der Waals surface area contributed by atoms with Gasteiger partial charge < -0.3 is 27.0 Å². The van der Waals surface area contributed by atoms with Gasteiger partial charge in [-0.3, -0.25) is 0 Å². The molecule has 0 amide bonds. The first-order valence-corrected chi connectivity index (χ1v) is 2.95. The van der Waals surface area contributed by atoms with E-state index in [0.29, 0.717) is 6.73 Å². The van der Waals surface area contributed by atoms with Gasteiger partial charge >= 0.3 is 0 Å². The van der Waals surface area contributed by atoms with Gasteiger partial charge in [-0.05, 0) is 18.4 Å². The Hall–Kier alpha value is -1.04. The summed E-state index contributed by atoms with van der Waals surface area (Å²) in [7, 11) is 0. The lowest BCUT2D eigenvalue weighted by atomic mass is 10.3. The molecule has 0 bridgehead atoms. The molecule has 0 aromatic rings. The zero-order valence-corrected chi connectivity index (χ0v) is 6.13. The maximum Gasteiger partial charge on any atom is 0.170 e. The van der Waals surface area contributed by atoms with Crippen LogP contribution in [0.15, 0.2) is 24.0 Å². The van der Waals surface area contributed by atoms with Gasteiger partial charge in [-0.2, -0.15) is 0 Å². The minimum Gasteiger partial charge on any atom is -0.412 e. The van der Waals surface area contributed by atoms with Crippen LogP contribution in [0.3, 0.4) is 0 Å². The van der Waals surface area contributed by atoms with E-state index in [9.17, 15) is 0 Å². The Morgan fingerprint density at radius 2 is 2.36 bits per heavy atom. The monoisotopic (exact) mass is 159 g/mol. The summed E-state index contributed by atoms with van der Waals surface area (Å²) in [6, 6.07) is 0. The van der Waals surface area contributed by atoms with Crippen LogP contribution in [0.25, 0.3) is 0 Å². The van der Waals surface area contributed by atoms with Crippen LogP contribution in [0.4, 0.5) is 0 Å². The van der Waals surface area contributed by atoms with E-state index in [0.717, 1.165) is 5.70 Å². The van der Waals surface area contributed by atoms with Crippen molar-refractivity contribution in [3.8, 4) is 0 Å². The Kier molecular flexibility index (Phi) is 3.59. The van der Waals surface area contributed by atoms with Gasteiger partial charge in [-0.25, -0.2) is 0 Å². The SMILES string of the molecule is C1=CNC2OCNC2=C1.N.O. The van der Waals surface area contributed by atoms with Crippen molar-refractivity contribution in [3.05, 3.63) is 24.0 Å². The standard InChI is InChI=1S/C6H8N2O.H3N.H2O/c1-2-5-6(7-3-1)9-4-8-5;;/h1-3,6-8H,4H2;1H3;1H2. The van der Waals surface area contributed by atoms with E-state index >= 15 is 0 Å². The highest BCUT2D eigenvalue weighted by atomic mass is 16.5. The summed E-state index contributed by atoms with van der Waals surface area (Å²) in [6.07, 6.45) is 5.91. The highest BCUT2D eigenvalue weighted by Crippen LogP contribution is 2.09. The highest BCUT2D eigenvalue weighted by Gasteiger charge is 2.19. The molecule has 11 heavy (non-hydrogen) atoms. The van der Waals surface area contributed by atoms with Crippen molar-refractivity contribution in [3.63, 3.8) is 0 Å². The van der Waals surface area contributed by atoms with Crippen molar-refractivity contribution < 1.29 is 10.2 Å². The van der Waals surface area contributed by atoms with E-state index in [1.54, 1.807) is 0 Å². The molecule has 1 atom stereocenters. The molecule has 1 saturated heterocycles. The van der Waals surface area contributed by atoms with Gasteiger partial charge in [0.1, 0.15) is 6.73 Å². The molecule has 0 radical (unpaired) electrons. The van der Waals surface area contributed by atoms with Gasteiger partial charge in [0.15, 0.2) is 6.23 Å². The van der Waals surface area contributed by atoms with Crippen molar-refractivity contribution in [1.82, 2.24) is 16.8 Å². The van der Waals surface area contributed by atoms with Gasteiger partial charge in [0, 0.05) is 0 Å². The Labute approximate surface area is 65.0 Å². The molecule has 2 rings (SSSR count). The Morgan fingerprint density at radius 3 is 3.09 bits per heavy atom.